The van der Waals surface area contributed by atoms with E-state index in [1.54, 1.807) is 43.6 Å². The van der Waals surface area contributed by atoms with E-state index in [4.69, 9.17) is 23.2 Å². The highest BCUT2D eigenvalue weighted by Crippen LogP contribution is 2.47. The van der Waals surface area contributed by atoms with E-state index in [2.05, 4.69) is 31.7 Å². The molecule has 272 valence electrons. The van der Waals surface area contributed by atoms with Crippen molar-refractivity contribution < 1.29 is 23.9 Å². The largest absolute Gasteiger partial charge is 0.392 e. The molecule has 0 saturated heterocycles. The maximum Gasteiger partial charge on any atom is 0.270 e. The number of aliphatic hydroxyl groups excluding tert-OH is 1. The zero-order valence-electron chi connectivity index (χ0n) is 28.7. The smallest absolute Gasteiger partial charge is 0.270 e. The third kappa shape index (κ3) is 5.96. The number of aromatic nitrogens is 4. The van der Waals surface area contributed by atoms with Gasteiger partial charge in [0.2, 0.25) is 11.9 Å². The molecule has 3 aromatic carbocycles. The first-order valence-corrected chi connectivity index (χ1v) is 17.9. The quantitative estimate of drug-likeness (QED) is 0.149. The van der Waals surface area contributed by atoms with Crippen molar-refractivity contribution in [3.8, 4) is 17.2 Å². The van der Waals surface area contributed by atoms with E-state index >= 15 is 0 Å². The Morgan fingerprint density at radius 3 is 2.11 bits per heavy atom. The second-order valence-corrected chi connectivity index (χ2v) is 14.9. The average molecular weight is 766 g/mol. The molecule has 3 N–H and O–H groups in total. The summed E-state index contributed by atoms with van der Waals surface area (Å²) in [5, 5.41) is 24.1. The lowest BCUT2D eigenvalue weighted by Gasteiger charge is -2.27. The van der Waals surface area contributed by atoms with Crippen LogP contribution >= 0.6 is 23.2 Å². The van der Waals surface area contributed by atoms with Gasteiger partial charge in [0.05, 0.1) is 40.2 Å². The van der Waals surface area contributed by atoms with Gasteiger partial charge in [0, 0.05) is 24.4 Å². The standard InChI is InChI=1S/C39H31Cl2FN8O4/c1-37(16-22-2-4-23(17-43)5-3-22)35(54)49(27-14-28(40)31(42)29(41)15-27)36-46-20-30(50(36)37)32(52)47-39(12-13-39)34(53)48-38(10-11-38)33-44-18-26(19-45-33)25-8-6-24(21-51)7-9-25/h2-9,14-15,18-20,51H,10-13,16,21H2,1H3,(H,47,52)(H,48,53)/t37-/m1/s1. The summed E-state index contributed by atoms with van der Waals surface area (Å²) in [6.07, 6.45) is 6.88. The average Bonchev–Trinajstić information content (AvgIpc) is 4.09. The number of nitrogens with zero attached hydrogens (tertiary/aromatic N) is 6. The molecule has 1 aliphatic heterocycles. The van der Waals surface area contributed by atoms with Gasteiger partial charge in [-0.2, -0.15) is 5.26 Å². The van der Waals surface area contributed by atoms with Gasteiger partial charge in [-0.25, -0.2) is 24.2 Å². The zero-order chi connectivity index (χ0) is 38.0. The number of aliphatic hydroxyl groups is 1. The topological polar surface area (TPSA) is 166 Å². The van der Waals surface area contributed by atoms with E-state index in [0.717, 1.165) is 16.7 Å². The van der Waals surface area contributed by atoms with Crippen molar-refractivity contribution in [2.45, 2.75) is 62.3 Å². The molecule has 2 fully saturated rings. The highest BCUT2D eigenvalue weighted by Gasteiger charge is 2.58. The Labute approximate surface area is 318 Å². The van der Waals surface area contributed by atoms with Crippen LogP contribution in [0, 0.1) is 17.1 Å². The third-order valence-electron chi connectivity index (χ3n) is 10.4. The Balaban J connectivity index is 1.06. The van der Waals surface area contributed by atoms with Crippen molar-refractivity contribution in [3.63, 3.8) is 0 Å². The lowest BCUT2D eigenvalue weighted by molar-refractivity contribution is -0.125. The minimum absolute atomic E-state index is 0.0301. The second-order valence-electron chi connectivity index (χ2n) is 14.1. The number of hydrogen-bond donors (Lipinski definition) is 3. The number of rotatable bonds is 10. The van der Waals surface area contributed by atoms with Crippen molar-refractivity contribution in [3.05, 3.63) is 123 Å². The van der Waals surface area contributed by atoms with Gasteiger partial charge in [0.25, 0.3) is 11.8 Å². The molecule has 0 unspecified atom stereocenters. The summed E-state index contributed by atoms with van der Waals surface area (Å²) >= 11 is 12.3. The highest BCUT2D eigenvalue weighted by atomic mass is 35.5. The van der Waals surface area contributed by atoms with E-state index < -0.39 is 34.2 Å². The summed E-state index contributed by atoms with van der Waals surface area (Å²) in [6, 6.07) is 18.7. The molecule has 0 spiro atoms. The zero-order valence-corrected chi connectivity index (χ0v) is 30.2. The monoisotopic (exact) mass is 764 g/mol. The van der Waals surface area contributed by atoms with Crippen molar-refractivity contribution in [1.82, 2.24) is 30.2 Å². The number of carbonyl (C=O) groups excluding carboxylic acids is 3. The molecule has 1 atom stereocenters. The fourth-order valence-electron chi connectivity index (χ4n) is 6.94. The normalized spacial score (nSPS) is 18.8. The number of hydrogen-bond acceptors (Lipinski definition) is 8. The molecule has 54 heavy (non-hydrogen) atoms. The van der Waals surface area contributed by atoms with Gasteiger partial charge in [-0.05, 0) is 73.6 Å². The number of halogens is 3. The van der Waals surface area contributed by atoms with Crippen LogP contribution in [-0.2, 0) is 33.7 Å². The lowest BCUT2D eigenvalue weighted by Crippen LogP contribution is -2.52. The van der Waals surface area contributed by atoms with Crippen molar-refractivity contribution in [2.24, 2.45) is 0 Å². The van der Waals surface area contributed by atoms with E-state index in [-0.39, 0.29) is 46.3 Å². The van der Waals surface area contributed by atoms with E-state index in [1.807, 2.05) is 24.3 Å². The van der Waals surface area contributed by atoms with Crippen LogP contribution in [-0.4, -0.2) is 47.9 Å². The molecule has 15 heteroatoms. The molecule has 2 aliphatic carbocycles. The van der Waals surface area contributed by atoms with Crippen LogP contribution in [0.4, 0.5) is 16.0 Å². The first-order valence-electron chi connectivity index (χ1n) is 17.1. The summed E-state index contributed by atoms with van der Waals surface area (Å²) in [6.45, 7) is 1.61. The fourth-order valence-corrected chi connectivity index (χ4v) is 7.41. The van der Waals surface area contributed by atoms with Crippen LogP contribution in [0.5, 0.6) is 0 Å². The number of carbonyl (C=O) groups is 3. The molecular weight excluding hydrogens is 734 g/mol. The lowest BCUT2D eigenvalue weighted by atomic mass is 9.91. The van der Waals surface area contributed by atoms with Crippen LogP contribution in [0.3, 0.4) is 0 Å². The Bertz CT molecular complexity index is 2360. The highest BCUT2D eigenvalue weighted by molar-refractivity contribution is 6.35. The molecule has 2 saturated carbocycles. The maximum absolute atomic E-state index is 14.4. The third-order valence-corrected chi connectivity index (χ3v) is 10.9. The Morgan fingerprint density at radius 2 is 1.54 bits per heavy atom. The predicted octanol–water partition coefficient (Wildman–Crippen LogP) is 5.85. The molecule has 12 nitrogen and oxygen atoms in total. The number of anilines is 2. The van der Waals surface area contributed by atoms with E-state index in [9.17, 15) is 29.1 Å². The van der Waals surface area contributed by atoms with Gasteiger partial charge in [0.15, 0.2) is 11.6 Å². The summed E-state index contributed by atoms with van der Waals surface area (Å²) in [5.41, 5.74) is 0.412. The molecule has 3 heterocycles. The maximum atomic E-state index is 14.4. The number of nitrogens with one attached hydrogen (secondary N) is 2. The van der Waals surface area contributed by atoms with Crippen molar-refractivity contribution in [1.29, 1.82) is 5.26 Å². The van der Waals surface area contributed by atoms with Gasteiger partial charge in [-0.3, -0.25) is 19.0 Å². The first kappa shape index (κ1) is 35.4. The van der Waals surface area contributed by atoms with Crippen LogP contribution < -0.4 is 15.5 Å². The first-order chi connectivity index (χ1) is 25.9. The van der Waals surface area contributed by atoms with Crippen molar-refractivity contribution in [2.75, 3.05) is 4.90 Å². The fraction of sp³-hybridized carbons (Fsp3) is 0.256. The molecule has 3 amide bonds. The molecule has 2 aromatic heterocycles. The predicted molar refractivity (Wildman–Crippen MR) is 196 cm³/mol. The number of benzene rings is 3. The van der Waals surface area contributed by atoms with Gasteiger partial charge < -0.3 is 15.7 Å². The number of fused-ring (bicyclic) bond motifs is 1. The Morgan fingerprint density at radius 1 is 0.907 bits per heavy atom. The molecular formula is C39H31Cl2FN8O4. The summed E-state index contributed by atoms with van der Waals surface area (Å²) in [5.74, 6) is -1.75. The summed E-state index contributed by atoms with van der Waals surface area (Å²) in [7, 11) is 0. The van der Waals surface area contributed by atoms with Gasteiger partial charge in [-0.15, -0.1) is 0 Å². The van der Waals surface area contributed by atoms with Gasteiger partial charge >= 0.3 is 0 Å². The van der Waals surface area contributed by atoms with Crippen LogP contribution in [0.1, 0.15) is 65.6 Å². The molecule has 5 aromatic rings. The minimum Gasteiger partial charge on any atom is -0.392 e. The van der Waals surface area contributed by atoms with Crippen LogP contribution in [0.15, 0.2) is 79.3 Å². The number of imidazole rings is 1. The summed E-state index contributed by atoms with van der Waals surface area (Å²) < 4.78 is 15.9. The summed E-state index contributed by atoms with van der Waals surface area (Å²) in [4.78, 5) is 57.3. The Kier molecular flexibility index (Phi) is 8.52. The van der Waals surface area contributed by atoms with Gasteiger partial charge in [0.1, 0.15) is 22.3 Å². The van der Waals surface area contributed by atoms with Gasteiger partial charge in [-0.1, -0.05) is 59.6 Å². The number of nitriles is 1. The molecule has 0 bridgehead atoms. The number of amides is 3. The second kappa shape index (κ2) is 13.0. The molecule has 8 rings (SSSR count). The minimum atomic E-state index is -1.43. The SMILES string of the molecule is C[C@@]1(Cc2ccc(C#N)cc2)C(=O)N(c2cc(Cl)c(F)c(Cl)c2)c2ncc(C(=O)NC3(C(=O)NC4(c5ncc(-c6ccc(CO)cc6)cn5)CC4)CC3)n21. The van der Waals surface area contributed by atoms with Crippen LogP contribution in [0.2, 0.25) is 10.0 Å². The van der Waals surface area contributed by atoms with Crippen molar-refractivity contribution >= 4 is 52.6 Å². The molecule has 0 radical (unpaired) electrons. The van der Waals surface area contributed by atoms with Crippen LogP contribution in [0.25, 0.3) is 11.1 Å². The van der Waals surface area contributed by atoms with E-state index in [1.165, 1.54) is 27.8 Å². The Hall–Kier alpha value is -5.68. The molecule has 3 aliphatic rings. The van der Waals surface area contributed by atoms with E-state index in [0.29, 0.717) is 42.6 Å².